The lowest BCUT2D eigenvalue weighted by atomic mass is 10.1. The van der Waals surface area contributed by atoms with Crippen molar-refractivity contribution in [3.8, 4) is 11.5 Å². The summed E-state index contributed by atoms with van der Waals surface area (Å²) in [6, 6.07) is 8.08. The highest BCUT2D eigenvalue weighted by atomic mass is 35.5. The van der Waals surface area contributed by atoms with Gasteiger partial charge in [-0.25, -0.2) is 4.39 Å². The summed E-state index contributed by atoms with van der Waals surface area (Å²) < 4.78 is 18.2. The van der Waals surface area contributed by atoms with Gasteiger partial charge in [-0.1, -0.05) is 11.6 Å². The Labute approximate surface area is 113 Å². The van der Waals surface area contributed by atoms with Gasteiger partial charge in [-0.05, 0) is 36.4 Å². The van der Waals surface area contributed by atoms with Crippen LogP contribution in [-0.2, 0) is 0 Å². The van der Waals surface area contributed by atoms with Crippen LogP contribution in [0.2, 0.25) is 5.02 Å². The Morgan fingerprint density at radius 3 is 2.42 bits per heavy atom. The van der Waals surface area contributed by atoms with Crippen LogP contribution in [0.5, 0.6) is 11.5 Å². The fraction of sp³-hybridized carbons (Fsp3) is 0. The van der Waals surface area contributed by atoms with Crippen molar-refractivity contribution in [3.05, 3.63) is 52.8 Å². The van der Waals surface area contributed by atoms with Crippen molar-refractivity contribution in [3.63, 3.8) is 0 Å². The number of benzene rings is 2. The number of hydrogen-bond acceptors (Lipinski definition) is 3. The number of halogens is 2. The van der Waals surface area contributed by atoms with E-state index < -0.39 is 11.7 Å². The van der Waals surface area contributed by atoms with Crippen LogP contribution < -0.4 is 16.2 Å². The van der Waals surface area contributed by atoms with Crippen molar-refractivity contribution in [2.75, 3.05) is 5.73 Å². The molecule has 2 rings (SSSR count). The standard InChI is InChI=1S/C13H10ClFN2O2/c14-11-6-8(16)5-10(13(17)18)12(11)19-9-3-1-7(15)2-4-9/h1-6H,16H2,(H2,17,18). The molecule has 0 aliphatic heterocycles. The molecular weight excluding hydrogens is 271 g/mol. The van der Waals surface area contributed by atoms with E-state index in [1.807, 2.05) is 0 Å². The molecule has 0 radical (unpaired) electrons. The van der Waals surface area contributed by atoms with Gasteiger partial charge in [-0.15, -0.1) is 0 Å². The first-order valence-electron chi connectivity index (χ1n) is 5.29. The maximum absolute atomic E-state index is 12.8. The number of anilines is 1. The highest BCUT2D eigenvalue weighted by molar-refractivity contribution is 6.33. The molecule has 1 amide bonds. The van der Waals surface area contributed by atoms with Crippen LogP contribution in [0.15, 0.2) is 36.4 Å². The lowest BCUT2D eigenvalue weighted by Crippen LogP contribution is -2.13. The lowest BCUT2D eigenvalue weighted by Gasteiger charge is -2.12. The molecule has 0 fully saturated rings. The highest BCUT2D eigenvalue weighted by Crippen LogP contribution is 2.34. The second kappa shape index (κ2) is 5.16. The van der Waals surface area contributed by atoms with Gasteiger partial charge in [0.2, 0.25) is 0 Å². The summed E-state index contributed by atoms with van der Waals surface area (Å²) in [7, 11) is 0. The molecule has 0 aliphatic rings. The van der Waals surface area contributed by atoms with Gasteiger partial charge in [0.15, 0.2) is 5.75 Å². The van der Waals surface area contributed by atoms with E-state index in [1.165, 1.54) is 36.4 Å². The monoisotopic (exact) mass is 280 g/mol. The number of nitrogen functional groups attached to an aromatic ring is 1. The molecule has 0 unspecified atom stereocenters. The van der Waals surface area contributed by atoms with E-state index >= 15 is 0 Å². The van der Waals surface area contributed by atoms with Crippen molar-refractivity contribution in [2.45, 2.75) is 0 Å². The first kappa shape index (κ1) is 13.2. The summed E-state index contributed by atoms with van der Waals surface area (Å²) in [5.74, 6) is -0.692. The number of primary amides is 1. The van der Waals surface area contributed by atoms with E-state index in [1.54, 1.807) is 0 Å². The van der Waals surface area contributed by atoms with Gasteiger partial charge >= 0.3 is 0 Å². The zero-order chi connectivity index (χ0) is 14.0. The molecule has 0 atom stereocenters. The number of carbonyl (C=O) groups is 1. The van der Waals surface area contributed by atoms with Gasteiger partial charge in [0, 0.05) is 5.69 Å². The van der Waals surface area contributed by atoms with Gasteiger partial charge in [-0.2, -0.15) is 0 Å². The Balaban J connectivity index is 2.44. The molecule has 0 saturated carbocycles. The maximum Gasteiger partial charge on any atom is 0.252 e. The first-order chi connectivity index (χ1) is 8.97. The minimum atomic E-state index is -0.716. The van der Waals surface area contributed by atoms with E-state index in [9.17, 15) is 9.18 Å². The van der Waals surface area contributed by atoms with Crippen molar-refractivity contribution >= 4 is 23.2 Å². The molecule has 6 heteroatoms. The molecular formula is C13H10ClFN2O2. The van der Waals surface area contributed by atoms with E-state index in [0.29, 0.717) is 11.4 Å². The topological polar surface area (TPSA) is 78.3 Å². The second-order valence-corrected chi connectivity index (χ2v) is 4.21. The molecule has 4 nitrogen and oxygen atoms in total. The summed E-state index contributed by atoms with van der Waals surface area (Å²) in [6.07, 6.45) is 0. The van der Waals surface area contributed by atoms with Crippen LogP contribution in [-0.4, -0.2) is 5.91 Å². The number of hydrogen-bond donors (Lipinski definition) is 2. The summed E-state index contributed by atoms with van der Waals surface area (Å²) in [6.45, 7) is 0. The van der Waals surface area contributed by atoms with Crippen molar-refractivity contribution in [1.82, 2.24) is 0 Å². The second-order valence-electron chi connectivity index (χ2n) is 3.80. The third-order valence-electron chi connectivity index (χ3n) is 2.36. The van der Waals surface area contributed by atoms with Crippen LogP contribution in [0.1, 0.15) is 10.4 Å². The Morgan fingerprint density at radius 2 is 1.84 bits per heavy atom. The summed E-state index contributed by atoms with van der Waals surface area (Å²) in [5, 5.41) is 0.151. The molecule has 0 saturated heterocycles. The van der Waals surface area contributed by atoms with Crippen LogP contribution in [0.3, 0.4) is 0 Å². The molecule has 0 aromatic heterocycles. The summed E-state index contributed by atoms with van der Waals surface area (Å²) >= 11 is 5.97. The van der Waals surface area contributed by atoms with E-state index in [-0.39, 0.29) is 16.3 Å². The van der Waals surface area contributed by atoms with Crippen LogP contribution in [0, 0.1) is 5.82 Å². The summed E-state index contributed by atoms with van der Waals surface area (Å²) in [5.41, 5.74) is 11.2. The predicted molar refractivity (Wildman–Crippen MR) is 70.9 cm³/mol. The smallest absolute Gasteiger partial charge is 0.252 e. The van der Waals surface area contributed by atoms with Gasteiger partial charge in [-0.3, -0.25) is 4.79 Å². The molecule has 4 N–H and O–H groups in total. The Kier molecular flexibility index (Phi) is 3.57. The lowest BCUT2D eigenvalue weighted by molar-refractivity contribution is 0.0998. The zero-order valence-electron chi connectivity index (χ0n) is 9.69. The molecule has 0 heterocycles. The molecule has 98 valence electrons. The Hall–Kier alpha value is -2.27. The number of ether oxygens (including phenoxy) is 1. The molecule has 0 aliphatic carbocycles. The van der Waals surface area contributed by atoms with Gasteiger partial charge in [0.1, 0.15) is 11.6 Å². The number of carbonyl (C=O) groups excluding carboxylic acids is 1. The van der Waals surface area contributed by atoms with Gasteiger partial charge in [0.25, 0.3) is 5.91 Å². The quantitative estimate of drug-likeness (QED) is 0.849. The molecule has 2 aromatic rings. The third-order valence-corrected chi connectivity index (χ3v) is 2.65. The predicted octanol–water partition coefficient (Wildman–Crippen LogP) is 2.95. The molecule has 19 heavy (non-hydrogen) atoms. The average molecular weight is 281 g/mol. The Bertz CT molecular complexity index is 629. The zero-order valence-corrected chi connectivity index (χ0v) is 10.4. The van der Waals surface area contributed by atoms with Gasteiger partial charge < -0.3 is 16.2 Å². The van der Waals surface area contributed by atoms with Crippen LogP contribution in [0.25, 0.3) is 0 Å². The molecule has 0 spiro atoms. The van der Waals surface area contributed by atoms with Crippen LogP contribution >= 0.6 is 11.6 Å². The van der Waals surface area contributed by atoms with Crippen molar-refractivity contribution < 1.29 is 13.9 Å². The fourth-order valence-electron chi connectivity index (χ4n) is 1.52. The number of rotatable bonds is 3. The van der Waals surface area contributed by atoms with E-state index in [4.69, 9.17) is 27.8 Å². The van der Waals surface area contributed by atoms with E-state index in [2.05, 4.69) is 0 Å². The Morgan fingerprint density at radius 1 is 1.21 bits per heavy atom. The minimum Gasteiger partial charge on any atom is -0.455 e. The van der Waals surface area contributed by atoms with Crippen LogP contribution in [0.4, 0.5) is 10.1 Å². The van der Waals surface area contributed by atoms with E-state index in [0.717, 1.165) is 0 Å². The molecule has 2 aromatic carbocycles. The largest absolute Gasteiger partial charge is 0.455 e. The maximum atomic E-state index is 12.8. The average Bonchev–Trinajstić information content (AvgIpc) is 2.34. The first-order valence-corrected chi connectivity index (χ1v) is 5.67. The normalized spacial score (nSPS) is 10.2. The summed E-state index contributed by atoms with van der Waals surface area (Å²) in [4.78, 5) is 11.3. The third kappa shape index (κ3) is 2.95. The minimum absolute atomic E-state index is 0.0642. The fourth-order valence-corrected chi connectivity index (χ4v) is 1.79. The number of amides is 1. The van der Waals surface area contributed by atoms with Gasteiger partial charge in [0.05, 0.1) is 10.6 Å². The highest BCUT2D eigenvalue weighted by Gasteiger charge is 2.15. The van der Waals surface area contributed by atoms with Crippen molar-refractivity contribution in [1.29, 1.82) is 0 Å². The SMILES string of the molecule is NC(=O)c1cc(N)cc(Cl)c1Oc1ccc(F)cc1. The van der Waals surface area contributed by atoms with Crippen molar-refractivity contribution in [2.24, 2.45) is 5.73 Å². The number of nitrogens with two attached hydrogens (primary N) is 2. The molecule has 0 bridgehead atoms.